The maximum absolute atomic E-state index is 12.0. The zero-order valence-electron chi connectivity index (χ0n) is 12.9. The van der Waals surface area contributed by atoms with Crippen LogP contribution in [0.15, 0.2) is 18.3 Å². The Bertz CT molecular complexity index is 576. The van der Waals surface area contributed by atoms with Crippen LogP contribution >= 0.6 is 11.6 Å². The highest BCUT2D eigenvalue weighted by Gasteiger charge is 2.24. The Morgan fingerprint density at radius 2 is 2.14 bits per heavy atom. The van der Waals surface area contributed by atoms with E-state index in [-0.39, 0.29) is 6.09 Å². The second-order valence-electron chi connectivity index (χ2n) is 6.23. The van der Waals surface area contributed by atoms with Crippen molar-refractivity contribution in [1.82, 2.24) is 9.88 Å². The number of halogens is 1. The van der Waals surface area contributed by atoms with Crippen LogP contribution in [0.3, 0.4) is 0 Å². The molecular weight excluding hydrogens is 288 g/mol. The lowest BCUT2D eigenvalue weighted by atomic mass is 9.98. The standard InChI is InChI=1S/C16H21ClN2O2/c1-11-9-14(17)18-10-13(11)12-5-7-19(8-6-12)15(20)21-16(2,3)4/h5,9-10H,6-8H2,1-4H3. The summed E-state index contributed by atoms with van der Waals surface area (Å²) in [7, 11) is 0. The lowest BCUT2D eigenvalue weighted by molar-refractivity contribution is 0.0270. The van der Waals surface area contributed by atoms with Crippen LogP contribution in [-0.2, 0) is 4.74 Å². The summed E-state index contributed by atoms with van der Waals surface area (Å²) in [6.07, 6.45) is 4.39. The van der Waals surface area contributed by atoms with E-state index in [1.165, 1.54) is 5.57 Å². The summed E-state index contributed by atoms with van der Waals surface area (Å²) in [4.78, 5) is 17.9. The monoisotopic (exact) mass is 308 g/mol. The predicted molar refractivity (Wildman–Crippen MR) is 84.4 cm³/mol. The van der Waals surface area contributed by atoms with Gasteiger partial charge in [-0.1, -0.05) is 17.7 Å². The summed E-state index contributed by atoms with van der Waals surface area (Å²) in [5, 5.41) is 0.503. The van der Waals surface area contributed by atoms with Gasteiger partial charge in [-0.2, -0.15) is 0 Å². The van der Waals surface area contributed by atoms with Gasteiger partial charge in [-0.15, -0.1) is 0 Å². The van der Waals surface area contributed by atoms with Gasteiger partial charge in [0.2, 0.25) is 0 Å². The molecule has 2 heterocycles. The molecule has 1 aliphatic rings. The molecule has 5 heteroatoms. The molecule has 0 unspecified atom stereocenters. The molecule has 0 N–H and O–H groups in total. The van der Waals surface area contributed by atoms with Crippen LogP contribution in [0.2, 0.25) is 5.15 Å². The Balaban J connectivity index is 2.07. The fourth-order valence-corrected chi connectivity index (χ4v) is 2.48. The Kier molecular flexibility index (Phi) is 4.57. The smallest absolute Gasteiger partial charge is 0.410 e. The van der Waals surface area contributed by atoms with E-state index in [9.17, 15) is 4.79 Å². The van der Waals surface area contributed by atoms with Crippen LogP contribution < -0.4 is 0 Å². The SMILES string of the molecule is Cc1cc(Cl)ncc1C1=CCN(C(=O)OC(C)(C)C)CC1. The molecule has 0 radical (unpaired) electrons. The van der Waals surface area contributed by atoms with E-state index in [0.717, 1.165) is 17.5 Å². The molecule has 0 atom stereocenters. The van der Waals surface area contributed by atoms with Crippen molar-refractivity contribution in [2.45, 2.75) is 39.7 Å². The Morgan fingerprint density at radius 3 is 2.67 bits per heavy atom. The molecule has 0 saturated carbocycles. The molecule has 0 saturated heterocycles. The minimum atomic E-state index is -0.461. The van der Waals surface area contributed by atoms with Gasteiger partial charge in [-0.25, -0.2) is 9.78 Å². The lowest BCUT2D eigenvalue weighted by Gasteiger charge is -2.29. The largest absolute Gasteiger partial charge is 0.444 e. The number of aromatic nitrogens is 1. The summed E-state index contributed by atoms with van der Waals surface area (Å²) in [5.41, 5.74) is 2.95. The summed E-state index contributed by atoms with van der Waals surface area (Å²) in [6, 6.07) is 1.86. The highest BCUT2D eigenvalue weighted by Crippen LogP contribution is 2.26. The fraction of sp³-hybridized carbons (Fsp3) is 0.500. The second-order valence-corrected chi connectivity index (χ2v) is 6.61. The quantitative estimate of drug-likeness (QED) is 0.734. The maximum Gasteiger partial charge on any atom is 0.410 e. The second kappa shape index (κ2) is 6.06. The molecule has 0 spiro atoms. The van der Waals surface area contributed by atoms with Gasteiger partial charge >= 0.3 is 6.09 Å². The Hall–Kier alpha value is -1.55. The topological polar surface area (TPSA) is 42.4 Å². The van der Waals surface area contributed by atoms with Crippen molar-refractivity contribution in [1.29, 1.82) is 0 Å². The normalized spacial score (nSPS) is 15.7. The third kappa shape index (κ3) is 4.21. The van der Waals surface area contributed by atoms with E-state index in [1.807, 2.05) is 33.8 Å². The highest BCUT2D eigenvalue weighted by molar-refractivity contribution is 6.29. The summed E-state index contributed by atoms with van der Waals surface area (Å²) >= 11 is 5.88. The minimum Gasteiger partial charge on any atom is -0.444 e. The van der Waals surface area contributed by atoms with E-state index in [4.69, 9.17) is 16.3 Å². The molecule has 2 rings (SSSR count). The number of pyridine rings is 1. The molecule has 0 aliphatic carbocycles. The number of hydrogen-bond acceptors (Lipinski definition) is 3. The van der Waals surface area contributed by atoms with E-state index in [0.29, 0.717) is 18.2 Å². The Labute approximate surface area is 130 Å². The van der Waals surface area contributed by atoms with Gasteiger partial charge in [-0.05, 0) is 56.9 Å². The number of amides is 1. The maximum atomic E-state index is 12.0. The summed E-state index contributed by atoms with van der Waals surface area (Å²) in [6.45, 7) is 8.86. The van der Waals surface area contributed by atoms with Crippen molar-refractivity contribution in [3.8, 4) is 0 Å². The zero-order chi connectivity index (χ0) is 15.6. The molecule has 1 aliphatic heterocycles. The van der Waals surface area contributed by atoms with Crippen molar-refractivity contribution >= 4 is 23.3 Å². The zero-order valence-corrected chi connectivity index (χ0v) is 13.7. The van der Waals surface area contributed by atoms with E-state index in [1.54, 1.807) is 11.1 Å². The van der Waals surface area contributed by atoms with Crippen molar-refractivity contribution in [3.05, 3.63) is 34.6 Å². The first-order valence-corrected chi connectivity index (χ1v) is 7.43. The van der Waals surface area contributed by atoms with Crippen molar-refractivity contribution < 1.29 is 9.53 Å². The first-order chi connectivity index (χ1) is 9.76. The molecule has 1 aromatic rings. The van der Waals surface area contributed by atoms with Crippen LogP contribution in [0, 0.1) is 6.92 Å². The van der Waals surface area contributed by atoms with Crippen LogP contribution in [0.5, 0.6) is 0 Å². The van der Waals surface area contributed by atoms with Crippen LogP contribution in [0.4, 0.5) is 4.79 Å². The molecule has 114 valence electrons. The van der Waals surface area contributed by atoms with Crippen LogP contribution in [-0.4, -0.2) is 34.7 Å². The van der Waals surface area contributed by atoms with Gasteiger partial charge in [0, 0.05) is 19.3 Å². The number of carbonyl (C=O) groups excluding carboxylic acids is 1. The van der Waals surface area contributed by atoms with Gasteiger partial charge in [0.1, 0.15) is 10.8 Å². The highest BCUT2D eigenvalue weighted by atomic mass is 35.5. The number of ether oxygens (including phenoxy) is 1. The molecule has 0 aromatic carbocycles. The molecule has 1 amide bonds. The van der Waals surface area contributed by atoms with Crippen LogP contribution in [0.1, 0.15) is 38.3 Å². The third-order valence-electron chi connectivity index (χ3n) is 3.28. The number of nitrogens with zero attached hydrogens (tertiary/aromatic N) is 2. The molecular formula is C16H21ClN2O2. The third-order valence-corrected chi connectivity index (χ3v) is 3.49. The lowest BCUT2D eigenvalue weighted by Crippen LogP contribution is -2.39. The molecule has 1 aromatic heterocycles. The van der Waals surface area contributed by atoms with E-state index >= 15 is 0 Å². The first-order valence-electron chi connectivity index (χ1n) is 7.06. The first kappa shape index (κ1) is 15.8. The number of hydrogen-bond donors (Lipinski definition) is 0. The fourth-order valence-electron chi connectivity index (χ4n) is 2.26. The van der Waals surface area contributed by atoms with Gasteiger partial charge < -0.3 is 9.64 Å². The van der Waals surface area contributed by atoms with Gasteiger partial charge in [0.05, 0.1) is 0 Å². The molecule has 0 bridgehead atoms. The average Bonchev–Trinajstić information content (AvgIpc) is 2.37. The number of aryl methyl sites for hydroxylation is 1. The predicted octanol–water partition coefficient (Wildman–Crippen LogP) is 4.07. The summed E-state index contributed by atoms with van der Waals surface area (Å²) < 4.78 is 5.39. The molecule has 0 fully saturated rings. The van der Waals surface area contributed by atoms with Gasteiger partial charge in [0.25, 0.3) is 0 Å². The average molecular weight is 309 g/mol. The van der Waals surface area contributed by atoms with E-state index in [2.05, 4.69) is 11.1 Å². The number of rotatable bonds is 1. The summed E-state index contributed by atoms with van der Waals surface area (Å²) in [5.74, 6) is 0. The van der Waals surface area contributed by atoms with Gasteiger partial charge in [0.15, 0.2) is 0 Å². The minimum absolute atomic E-state index is 0.260. The van der Waals surface area contributed by atoms with E-state index < -0.39 is 5.60 Å². The molecule has 21 heavy (non-hydrogen) atoms. The van der Waals surface area contributed by atoms with Gasteiger partial charge in [-0.3, -0.25) is 0 Å². The van der Waals surface area contributed by atoms with Crippen LogP contribution in [0.25, 0.3) is 5.57 Å². The van der Waals surface area contributed by atoms with Crippen molar-refractivity contribution in [2.75, 3.05) is 13.1 Å². The Morgan fingerprint density at radius 1 is 1.43 bits per heavy atom. The molecule has 4 nitrogen and oxygen atoms in total. The van der Waals surface area contributed by atoms with Crippen molar-refractivity contribution in [2.24, 2.45) is 0 Å². The number of carbonyl (C=O) groups is 1. The van der Waals surface area contributed by atoms with Crippen molar-refractivity contribution in [3.63, 3.8) is 0 Å².